The van der Waals surface area contributed by atoms with Gasteiger partial charge in [0.1, 0.15) is 0 Å². The standard InChI is InChI=1S/C21H32N2O3.C2H2O4/c1-24-19-10-9-18(20(25-2)21(19)26-3)16-23-13-11-22(12-14-23)15-17-7-5-4-6-8-17;3-1(4)2(5)6/h4-5,9-10,17H,6-8,11-16H2,1-3H3;(H,3,4)(H,5,6). The van der Waals surface area contributed by atoms with E-state index >= 15 is 0 Å². The Morgan fingerprint density at radius 3 is 2.03 bits per heavy atom. The lowest BCUT2D eigenvalue weighted by Gasteiger charge is -2.37. The van der Waals surface area contributed by atoms with Crippen LogP contribution in [0.5, 0.6) is 17.2 Å². The van der Waals surface area contributed by atoms with Gasteiger partial charge in [-0.05, 0) is 31.2 Å². The first-order chi connectivity index (χ1) is 15.4. The van der Waals surface area contributed by atoms with Crippen LogP contribution in [0.15, 0.2) is 24.3 Å². The summed E-state index contributed by atoms with van der Waals surface area (Å²) in [6.07, 6.45) is 8.53. The number of benzene rings is 1. The molecule has 1 fully saturated rings. The molecule has 1 aromatic carbocycles. The zero-order valence-electron chi connectivity index (χ0n) is 19.1. The summed E-state index contributed by atoms with van der Waals surface area (Å²) >= 11 is 0. The fourth-order valence-electron chi connectivity index (χ4n) is 4.05. The summed E-state index contributed by atoms with van der Waals surface area (Å²) in [4.78, 5) is 23.3. The van der Waals surface area contributed by atoms with Crippen molar-refractivity contribution in [3.8, 4) is 17.2 Å². The highest BCUT2D eigenvalue weighted by Crippen LogP contribution is 2.40. The highest BCUT2D eigenvalue weighted by atomic mass is 16.5. The lowest BCUT2D eigenvalue weighted by Crippen LogP contribution is -2.47. The number of allylic oxidation sites excluding steroid dienone is 2. The van der Waals surface area contributed by atoms with Crippen molar-refractivity contribution in [1.82, 2.24) is 9.80 Å². The summed E-state index contributed by atoms with van der Waals surface area (Å²) in [5.74, 6) is -0.637. The maximum atomic E-state index is 9.10. The third-order valence-electron chi connectivity index (χ3n) is 5.72. The van der Waals surface area contributed by atoms with Crippen LogP contribution in [-0.2, 0) is 16.1 Å². The van der Waals surface area contributed by atoms with E-state index in [1.54, 1.807) is 21.3 Å². The minimum Gasteiger partial charge on any atom is -0.493 e. The van der Waals surface area contributed by atoms with E-state index in [0.717, 1.165) is 50.0 Å². The smallest absolute Gasteiger partial charge is 0.414 e. The van der Waals surface area contributed by atoms with Crippen LogP contribution in [0.2, 0.25) is 0 Å². The number of hydrogen-bond donors (Lipinski definition) is 2. The van der Waals surface area contributed by atoms with Crippen molar-refractivity contribution in [1.29, 1.82) is 0 Å². The average molecular weight is 451 g/mol. The number of methoxy groups -OCH3 is 3. The van der Waals surface area contributed by atoms with Gasteiger partial charge < -0.3 is 29.3 Å². The molecule has 0 aromatic heterocycles. The van der Waals surface area contributed by atoms with Crippen LogP contribution in [0.1, 0.15) is 24.8 Å². The number of nitrogens with zero attached hydrogens (tertiary/aromatic N) is 2. The molecule has 1 heterocycles. The molecular weight excluding hydrogens is 416 g/mol. The fraction of sp³-hybridized carbons (Fsp3) is 0.565. The summed E-state index contributed by atoms with van der Waals surface area (Å²) in [5, 5.41) is 14.8. The van der Waals surface area contributed by atoms with E-state index in [1.807, 2.05) is 6.07 Å². The zero-order chi connectivity index (χ0) is 23.5. The Morgan fingerprint density at radius 2 is 1.53 bits per heavy atom. The van der Waals surface area contributed by atoms with Crippen LogP contribution in [0, 0.1) is 5.92 Å². The highest BCUT2D eigenvalue weighted by molar-refractivity contribution is 6.27. The molecule has 9 nitrogen and oxygen atoms in total. The van der Waals surface area contributed by atoms with Crippen molar-refractivity contribution in [3.63, 3.8) is 0 Å². The van der Waals surface area contributed by atoms with Gasteiger partial charge in [0.05, 0.1) is 21.3 Å². The van der Waals surface area contributed by atoms with Gasteiger partial charge in [0.15, 0.2) is 11.5 Å². The van der Waals surface area contributed by atoms with E-state index in [1.165, 1.54) is 25.8 Å². The van der Waals surface area contributed by atoms with Crippen molar-refractivity contribution < 1.29 is 34.0 Å². The summed E-state index contributed by atoms with van der Waals surface area (Å²) < 4.78 is 16.5. The molecule has 2 N–H and O–H groups in total. The van der Waals surface area contributed by atoms with Gasteiger partial charge in [0, 0.05) is 44.8 Å². The first kappa shape index (κ1) is 25.5. The minimum absolute atomic E-state index is 0.677. The van der Waals surface area contributed by atoms with E-state index in [4.69, 9.17) is 34.0 Å². The number of aliphatic carboxylic acids is 2. The Balaban J connectivity index is 0.000000534. The van der Waals surface area contributed by atoms with Crippen LogP contribution >= 0.6 is 0 Å². The first-order valence-corrected chi connectivity index (χ1v) is 10.7. The number of rotatable bonds is 7. The van der Waals surface area contributed by atoms with E-state index in [9.17, 15) is 0 Å². The van der Waals surface area contributed by atoms with Crippen molar-refractivity contribution in [2.24, 2.45) is 5.92 Å². The van der Waals surface area contributed by atoms with Gasteiger partial charge in [-0.25, -0.2) is 9.59 Å². The normalized spacial score (nSPS) is 18.9. The molecule has 0 amide bonds. The summed E-state index contributed by atoms with van der Waals surface area (Å²) in [6, 6.07) is 4.05. The second-order valence-corrected chi connectivity index (χ2v) is 7.83. The van der Waals surface area contributed by atoms with Crippen LogP contribution in [0.4, 0.5) is 0 Å². The van der Waals surface area contributed by atoms with E-state index in [-0.39, 0.29) is 0 Å². The Kier molecular flexibility index (Phi) is 10.3. The van der Waals surface area contributed by atoms with Gasteiger partial charge in [0.25, 0.3) is 0 Å². The summed E-state index contributed by atoms with van der Waals surface area (Å²) in [5.41, 5.74) is 1.15. The number of hydrogen-bond acceptors (Lipinski definition) is 7. The monoisotopic (exact) mass is 450 g/mol. The number of ether oxygens (including phenoxy) is 3. The number of carboxylic acid groups (broad SMARTS) is 2. The van der Waals surface area contributed by atoms with E-state index in [2.05, 4.69) is 28.0 Å². The maximum absolute atomic E-state index is 9.10. The molecule has 0 spiro atoms. The number of carbonyl (C=O) groups is 2. The van der Waals surface area contributed by atoms with Gasteiger partial charge in [-0.2, -0.15) is 0 Å². The SMILES string of the molecule is COc1ccc(CN2CCN(CC3CC=CCC3)CC2)c(OC)c1OC.O=C(O)C(=O)O. The van der Waals surface area contributed by atoms with Gasteiger partial charge in [-0.1, -0.05) is 18.2 Å². The Hall–Kier alpha value is -2.78. The molecule has 2 aliphatic rings. The van der Waals surface area contributed by atoms with Gasteiger partial charge >= 0.3 is 11.9 Å². The fourth-order valence-corrected chi connectivity index (χ4v) is 4.05. The Bertz CT molecular complexity index is 777. The predicted molar refractivity (Wildman–Crippen MR) is 120 cm³/mol. The highest BCUT2D eigenvalue weighted by Gasteiger charge is 2.23. The summed E-state index contributed by atoms with van der Waals surface area (Å²) in [6.45, 7) is 6.62. The van der Waals surface area contributed by atoms with Crippen molar-refractivity contribution in [2.75, 3.05) is 54.1 Å². The van der Waals surface area contributed by atoms with Crippen LogP contribution in [-0.4, -0.2) is 86.0 Å². The molecule has 0 saturated carbocycles. The molecule has 0 bridgehead atoms. The van der Waals surface area contributed by atoms with Crippen LogP contribution < -0.4 is 14.2 Å². The molecule has 9 heteroatoms. The molecular formula is C23H34N2O7. The molecule has 1 saturated heterocycles. The van der Waals surface area contributed by atoms with Crippen molar-refractivity contribution in [2.45, 2.75) is 25.8 Å². The molecule has 1 aromatic rings. The number of carboxylic acids is 2. The van der Waals surface area contributed by atoms with Gasteiger partial charge in [-0.3, -0.25) is 4.90 Å². The first-order valence-electron chi connectivity index (χ1n) is 10.7. The number of piperazine rings is 1. The lowest BCUT2D eigenvalue weighted by atomic mass is 9.94. The van der Waals surface area contributed by atoms with Gasteiger partial charge in [-0.15, -0.1) is 0 Å². The molecule has 178 valence electrons. The molecule has 3 rings (SSSR count). The largest absolute Gasteiger partial charge is 0.493 e. The molecule has 1 atom stereocenters. The lowest BCUT2D eigenvalue weighted by molar-refractivity contribution is -0.159. The van der Waals surface area contributed by atoms with Crippen molar-refractivity contribution >= 4 is 11.9 Å². The zero-order valence-corrected chi connectivity index (χ0v) is 19.1. The Labute approximate surface area is 189 Å². The minimum atomic E-state index is -1.82. The maximum Gasteiger partial charge on any atom is 0.414 e. The second-order valence-electron chi connectivity index (χ2n) is 7.83. The van der Waals surface area contributed by atoms with Crippen LogP contribution in [0.3, 0.4) is 0 Å². The molecule has 1 aliphatic carbocycles. The predicted octanol–water partition coefficient (Wildman–Crippen LogP) is 2.34. The van der Waals surface area contributed by atoms with Gasteiger partial charge in [0.2, 0.25) is 5.75 Å². The molecule has 32 heavy (non-hydrogen) atoms. The second kappa shape index (κ2) is 12.9. The average Bonchev–Trinajstić information content (AvgIpc) is 2.81. The Morgan fingerprint density at radius 1 is 0.906 bits per heavy atom. The third-order valence-corrected chi connectivity index (χ3v) is 5.72. The molecule has 0 radical (unpaired) electrons. The quantitative estimate of drug-likeness (QED) is 0.478. The van der Waals surface area contributed by atoms with E-state index in [0.29, 0.717) is 11.5 Å². The summed E-state index contributed by atoms with van der Waals surface area (Å²) in [7, 11) is 5.00. The van der Waals surface area contributed by atoms with Crippen LogP contribution in [0.25, 0.3) is 0 Å². The topological polar surface area (TPSA) is 109 Å². The third kappa shape index (κ3) is 7.42. The molecule has 1 unspecified atom stereocenters. The van der Waals surface area contributed by atoms with Crippen molar-refractivity contribution in [3.05, 3.63) is 29.8 Å². The van der Waals surface area contributed by atoms with E-state index < -0.39 is 11.9 Å². The molecule has 1 aliphatic heterocycles.